The summed E-state index contributed by atoms with van der Waals surface area (Å²) in [6.45, 7) is 0. The third-order valence-electron chi connectivity index (χ3n) is 3.76. The molecule has 1 saturated carbocycles. The fourth-order valence-corrected chi connectivity index (χ4v) is 2.69. The number of nitrogens with one attached hydrogen (secondary N) is 1. The second-order valence-electron chi connectivity index (χ2n) is 5.75. The van der Waals surface area contributed by atoms with Crippen molar-refractivity contribution >= 4 is 23.5 Å². The van der Waals surface area contributed by atoms with Gasteiger partial charge in [-0.15, -0.1) is 0 Å². The van der Waals surface area contributed by atoms with Crippen molar-refractivity contribution in [2.24, 2.45) is 27.2 Å². The smallest absolute Gasteiger partial charge is 0.224 e. The zero-order valence-electron chi connectivity index (χ0n) is 13.2. The van der Waals surface area contributed by atoms with E-state index in [0.717, 1.165) is 18.4 Å². The van der Waals surface area contributed by atoms with Gasteiger partial charge >= 0.3 is 0 Å². The minimum absolute atomic E-state index is 0.00667. The van der Waals surface area contributed by atoms with Gasteiger partial charge in [0.2, 0.25) is 11.9 Å². The number of hydrogen-bond donors (Lipinski definition) is 4. The van der Waals surface area contributed by atoms with Crippen LogP contribution in [-0.2, 0) is 11.2 Å². The quantitative estimate of drug-likeness (QED) is 0.485. The first-order chi connectivity index (χ1) is 11.0. The topological polar surface area (TPSA) is 132 Å². The van der Waals surface area contributed by atoms with Crippen LogP contribution < -0.4 is 22.5 Å². The van der Waals surface area contributed by atoms with E-state index in [1.807, 2.05) is 12.1 Å². The molecule has 1 amide bonds. The lowest BCUT2D eigenvalue weighted by atomic mass is 9.95. The van der Waals surface area contributed by atoms with Crippen LogP contribution in [0.15, 0.2) is 34.3 Å². The van der Waals surface area contributed by atoms with Gasteiger partial charge in [-0.3, -0.25) is 4.79 Å². The molecule has 0 saturated heterocycles. The summed E-state index contributed by atoms with van der Waals surface area (Å²) in [6.07, 6.45) is 6.22. The molecule has 1 fully saturated rings. The van der Waals surface area contributed by atoms with E-state index in [1.165, 1.54) is 19.3 Å². The number of carbonyl (C=O) groups is 1. The average Bonchev–Trinajstić information content (AvgIpc) is 2.49. The number of rotatable bonds is 4. The maximum absolute atomic E-state index is 12.1. The monoisotopic (exact) mass is 316 g/mol. The molecule has 1 aliphatic rings. The van der Waals surface area contributed by atoms with Gasteiger partial charge in [0, 0.05) is 6.04 Å². The van der Waals surface area contributed by atoms with Crippen LogP contribution >= 0.6 is 0 Å². The zero-order valence-corrected chi connectivity index (χ0v) is 13.2. The summed E-state index contributed by atoms with van der Waals surface area (Å²) in [7, 11) is 0. The van der Waals surface area contributed by atoms with E-state index >= 15 is 0 Å². The molecule has 0 spiro atoms. The summed E-state index contributed by atoms with van der Waals surface area (Å²) in [5, 5.41) is 3.10. The van der Waals surface area contributed by atoms with Gasteiger partial charge < -0.3 is 22.5 Å². The second-order valence-corrected chi connectivity index (χ2v) is 5.75. The Morgan fingerprint density at radius 1 is 1.09 bits per heavy atom. The predicted molar refractivity (Wildman–Crippen MR) is 92.3 cm³/mol. The molecule has 2 rings (SSSR count). The van der Waals surface area contributed by atoms with Crippen LogP contribution in [0.2, 0.25) is 0 Å². The highest BCUT2D eigenvalue weighted by molar-refractivity contribution is 5.93. The fraction of sp³-hybridized carbons (Fsp3) is 0.438. The van der Waals surface area contributed by atoms with Crippen molar-refractivity contribution in [3.63, 3.8) is 0 Å². The molecule has 7 heteroatoms. The van der Waals surface area contributed by atoms with Crippen molar-refractivity contribution in [1.29, 1.82) is 0 Å². The number of benzene rings is 1. The van der Waals surface area contributed by atoms with Crippen molar-refractivity contribution in [3.05, 3.63) is 29.8 Å². The summed E-state index contributed by atoms with van der Waals surface area (Å²) in [4.78, 5) is 19.8. The number of carbonyl (C=O) groups excluding carboxylic acids is 1. The van der Waals surface area contributed by atoms with Crippen molar-refractivity contribution < 1.29 is 4.79 Å². The van der Waals surface area contributed by atoms with Crippen LogP contribution in [0.25, 0.3) is 0 Å². The maximum atomic E-state index is 12.1. The van der Waals surface area contributed by atoms with E-state index in [4.69, 9.17) is 17.2 Å². The molecule has 7 nitrogen and oxygen atoms in total. The highest BCUT2D eigenvalue weighted by Crippen LogP contribution is 2.18. The maximum Gasteiger partial charge on any atom is 0.224 e. The van der Waals surface area contributed by atoms with Gasteiger partial charge in [-0.1, -0.05) is 31.4 Å². The molecule has 0 aromatic heterocycles. The average molecular weight is 316 g/mol. The van der Waals surface area contributed by atoms with Crippen LogP contribution in [-0.4, -0.2) is 23.9 Å². The number of amides is 1. The molecule has 0 atom stereocenters. The summed E-state index contributed by atoms with van der Waals surface area (Å²) in [6, 6.07) is 7.58. The number of nitrogens with zero attached hydrogens (tertiary/aromatic N) is 2. The number of aliphatic imine (C=N–C) groups is 2. The van der Waals surface area contributed by atoms with Crippen molar-refractivity contribution in [2.75, 3.05) is 0 Å². The highest BCUT2D eigenvalue weighted by atomic mass is 16.1. The predicted octanol–water partition coefficient (Wildman–Crippen LogP) is 0.898. The van der Waals surface area contributed by atoms with Crippen LogP contribution in [0.3, 0.4) is 0 Å². The standard InChI is InChI=1S/C16H24N6O/c17-15(18)22-16(19)21-13-8-6-11(7-9-13)10-14(23)20-12-4-2-1-3-5-12/h6-9,12H,1-5,10H2,(H,20,23)(H6,17,18,19,21,22). The van der Waals surface area contributed by atoms with Gasteiger partial charge in [0.05, 0.1) is 12.1 Å². The SMILES string of the molecule is NC(N)=NC(N)=Nc1ccc(CC(=O)NC2CCCCC2)cc1. The molecular weight excluding hydrogens is 292 g/mol. The van der Waals surface area contributed by atoms with Gasteiger partial charge in [0.25, 0.3) is 0 Å². The minimum Gasteiger partial charge on any atom is -0.370 e. The summed E-state index contributed by atoms with van der Waals surface area (Å²) in [5.74, 6) is -0.0804. The van der Waals surface area contributed by atoms with E-state index in [2.05, 4.69) is 15.3 Å². The Kier molecular flexibility index (Phi) is 5.96. The second kappa shape index (κ2) is 8.17. The van der Waals surface area contributed by atoms with E-state index < -0.39 is 0 Å². The molecule has 23 heavy (non-hydrogen) atoms. The summed E-state index contributed by atoms with van der Waals surface area (Å²) < 4.78 is 0. The van der Waals surface area contributed by atoms with Crippen molar-refractivity contribution in [2.45, 2.75) is 44.6 Å². The third kappa shape index (κ3) is 5.98. The van der Waals surface area contributed by atoms with Crippen molar-refractivity contribution in [3.8, 4) is 0 Å². The number of guanidine groups is 2. The molecule has 0 bridgehead atoms. The van der Waals surface area contributed by atoms with Crippen LogP contribution in [0.4, 0.5) is 5.69 Å². The Labute approximate surface area is 136 Å². The normalized spacial score (nSPS) is 15.9. The van der Waals surface area contributed by atoms with E-state index in [0.29, 0.717) is 18.2 Å². The number of hydrogen-bond acceptors (Lipinski definition) is 2. The first-order valence-corrected chi connectivity index (χ1v) is 7.85. The lowest BCUT2D eigenvalue weighted by Crippen LogP contribution is -2.37. The van der Waals surface area contributed by atoms with Gasteiger partial charge in [-0.2, -0.15) is 4.99 Å². The molecular formula is C16H24N6O. The number of nitrogens with two attached hydrogens (primary N) is 3. The Hall–Kier alpha value is -2.57. The molecule has 1 aliphatic carbocycles. The summed E-state index contributed by atoms with van der Waals surface area (Å²) >= 11 is 0. The van der Waals surface area contributed by atoms with Crippen LogP contribution in [0.1, 0.15) is 37.7 Å². The minimum atomic E-state index is -0.137. The lowest BCUT2D eigenvalue weighted by molar-refractivity contribution is -0.121. The molecule has 0 radical (unpaired) electrons. The fourth-order valence-electron chi connectivity index (χ4n) is 2.69. The molecule has 7 N–H and O–H groups in total. The van der Waals surface area contributed by atoms with E-state index in [-0.39, 0.29) is 17.8 Å². The van der Waals surface area contributed by atoms with Gasteiger partial charge in [0.15, 0.2) is 5.96 Å². The Morgan fingerprint density at radius 2 is 1.74 bits per heavy atom. The Bertz CT molecular complexity index is 583. The molecule has 0 unspecified atom stereocenters. The van der Waals surface area contributed by atoms with Crippen LogP contribution in [0.5, 0.6) is 0 Å². The summed E-state index contributed by atoms with van der Waals surface area (Å²) in [5.41, 5.74) is 17.6. The van der Waals surface area contributed by atoms with Gasteiger partial charge in [0.1, 0.15) is 0 Å². The van der Waals surface area contributed by atoms with Gasteiger partial charge in [-0.25, -0.2) is 4.99 Å². The first kappa shape index (κ1) is 16.8. The highest BCUT2D eigenvalue weighted by Gasteiger charge is 2.15. The molecule has 1 aromatic rings. The molecule has 0 heterocycles. The Morgan fingerprint density at radius 3 is 2.35 bits per heavy atom. The molecule has 124 valence electrons. The van der Waals surface area contributed by atoms with Crippen molar-refractivity contribution in [1.82, 2.24) is 5.32 Å². The van der Waals surface area contributed by atoms with E-state index in [1.54, 1.807) is 12.1 Å². The zero-order chi connectivity index (χ0) is 16.7. The molecule has 1 aromatic carbocycles. The largest absolute Gasteiger partial charge is 0.370 e. The lowest BCUT2D eigenvalue weighted by Gasteiger charge is -2.22. The Balaban J connectivity index is 1.89. The molecule has 0 aliphatic heterocycles. The van der Waals surface area contributed by atoms with Crippen LogP contribution in [0, 0.1) is 0 Å². The first-order valence-electron chi connectivity index (χ1n) is 7.85. The third-order valence-corrected chi connectivity index (χ3v) is 3.76. The van der Waals surface area contributed by atoms with Gasteiger partial charge in [-0.05, 0) is 30.5 Å². The van der Waals surface area contributed by atoms with E-state index in [9.17, 15) is 4.79 Å².